The van der Waals surface area contributed by atoms with Gasteiger partial charge in [0.1, 0.15) is 11.6 Å². The van der Waals surface area contributed by atoms with Crippen molar-refractivity contribution in [3.8, 4) is 12.1 Å². The number of nitriles is 2. The van der Waals surface area contributed by atoms with Crippen LogP contribution < -0.4 is 4.90 Å². The molecule has 0 fully saturated rings. The summed E-state index contributed by atoms with van der Waals surface area (Å²) in [5, 5.41) is 26.5. The fourth-order valence-corrected chi connectivity index (χ4v) is 1.87. The lowest BCUT2D eigenvalue weighted by Crippen LogP contribution is -2.15. The van der Waals surface area contributed by atoms with Gasteiger partial charge in [0.15, 0.2) is 5.82 Å². The summed E-state index contributed by atoms with van der Waals surface area (Å²) in [5.74, 6) is 0.491. The van der Waals surface area contributed by atoms with Crippen molar-refractivity contribution in [3.05, 3.63) is 46.6 Å². The number of aromatic nitrogens is 2. The molecule has 0 unspecified atom stereocenters. The van der Waals surface area contributed by atoms with Crippen LogP contribution in [0.4, 0.5) is 11.5 Å². The standard InChI is InChI=1S/C15H13N5/c1-10-11(2)18-19-15(14(10)9-17)20(3)13-6-4-5-12(7-13)8-16/h4-7H,1-3H3. The Morgan fingerprint density at radius 3 is 2.50 bits per heavy atom. The van der Waals surface area contributed by atoms with Crippen molar-refractivity contribution in [1.29, 1.82) is 10.5 Å². The molecule has 2 rings (SSSR count). The molecule has 0 amide bonds. The first-order valence-electron chi connectivity index (χ1n) is 6.06. The first-order valence-corrected chi connectivity index (χ1v) is 6.06. The van der Waals surface area contributed by atoms with E-state index in [9.17, 15) is 5.26 Å². The Morgan fingerprint density at radius 2 is 1.85 bits per heavy atom. The van der Waals surface area contributed by atoms with Gasteiger partial charge < -0.3 is 4.90 Å². The number of anilines is 2. The van der Waals surface area contributed by atoms with Crippen LogP contribution in [-0.4, -0.2) is 17.2 Å². The highest BCUT2D eigenvalue weighted by molar-refractivity contribution is 5.67. The van der Waals surface area contributed by atoms with E-state index in [1.165, 1.54) is 0 Å². The van der Waals surface area contributed by atoms with Crippen LogP contribution in [-0.2, 0) is 0 Å². The summed E-state index contributed by atoms with van der Waals surface area (Å²) in [5.41, 5.74) is 3.41. The predicted molar refractivity (Wildman–Crippen MR) is 75.4 cm³/mol. The average Bonchev–Trinajstić information content (AvgIpc) is 2.49. The Kier molecular flexibility index (Phi) is 3.63. The van der Waals surface area contributed by atoms with Gasteiger partial charge in [-0.15, -0.1) is 5.10 Å². The van der Waals surface area contributed by atoms with Crippen molar-refractivity contribution in [3.63, 3.8) is 0 Å². The summed E-state index contributed by atoms with van der Waals surface area (Å²) >= 11 is 0. The van der Waals surface area contributed by atoms with E-state index in [-0.39, 0.29) is 0 Å². The van der Waals surface area contributed by atoms with E-state index in [2.05, 4.69) is 22.3 Å². The van der Waals surface area contributed by atoms with Crippen molar-refractivity contribution in [2.75, 3.05) is 11.9 Å². The third-order valence-corrected chi connectivity index (χ3v) is 3.23. The van der Waals surface area contributed by atoms with Gasteiger partial charge in [-0.1, -0.05) is 6.07 Å². The smallest absolute Gasteiger partial charge is 0.173 e. The Bertz CT molecular complexity index is 737. The molecular formula is C15H13N5. The highest BCUT2D eigenvalue weighted by Gasteiger charge is 2.15. The molecule has 98 valence electrons. The van der Waals surface area contributed by atoms with Crippen molar-refractivity contribution in [2.24, 2.45) is 0 Å². The highest BCUT2D eigenvalue weighted by Crippen LogP contribution is 2.27. The SMILES string of the molecule is Cc1nnc(N(C)c2cccc(C#N)c2)c(C#N)c1C. The monoisotopic (exact) mass is 263 g/mol. The molecule has 0 N–H and O–H groups in total. The fraction of sp³-hybridized carbons (Fsp3) is 0.200. The van der Waals surface area contributed by atoms with E-state index in [0.29, 0.717) is 16.9 Å². The van der Waals surface area contributed by atoms with E-state index >= 15 is 0 Å². The van der Waals surface area contributed by atoms with E-state index in [0.717, 1.165) is 16.9 Å². The predicted octanol–water partition coefficient (Wildman–Crippen LogP) is 2.60. The topological polar surface area (TPSA) is 76.6 Å². The van der Waals surface area contributed by atoms with E-state index in [1.54, 1.807) is 30.1 Å². The van der Waals surface area contributed by atoms with Crippen molar-refractivity contribution in [2.45, 2.75) is 13.8 Å². The third-order valence-electron chi connectivity index (χ3n) is 3.23. The van der Waals surface area contributed by atoms with Crippen LogP contribution in [0.15, 0.2) is 24.3 Å². The van der Waals surface area contributed by atoms with Gasteiger partial charge in [-0.05, 0) is 37.6 Å². The minimum absolute atomic E-state index is 0.491. The zero-order chi connectivity index (χ0) is 14.7. The first kappa shape index (κ1) is 13.5. The molecule has 5 heteroatoms. The zero-order valence-corrected chi connectivity index (χ0v) is 11.5. The van der Waals surface area contributed by atoms with Crippen LogP contribution in [0.25, 0.3) is 0 Å². The molecule has 0 spiro atoms. The molecule has 2 aromatic rings. The number of rotatable bonds is 2. The van der Waals surface area contributed by atoms with E-state index in [4.69, 9.17) is 5.26 Å². The van der Waals surface area contributed by atoms with Gasteiger partial charge in [0.2, 0.25) is 0 Å². The summed E-state index contributed by atoms with van der Waals surface area (Å²) in [7, 11) is 1.80. The Hall–Kier alpha value is -2.92. The number of benzene rings is 1. The van der Waals surface area contributed by atoms with Crippen LogP contribution in [0, 0.1) is 36.5 Å². The first-order chi connectivity index (χ1) is 9.58. The van der Waals surface area contributed by atoms with Gasteiger partial charge in [-0.2, -0.15) is 15.6 Å². The van der Waals surface area contributed by atoms with Crippen LogP contribution in [0.3, 0.4) is 0 Å². The van der Waals surface area contributed by atoms with Gasteiger partial charge in [0, 0.05) is 12.7 Å². The fourth-order valence-electron chi connectivity index (χ4n) is 1.87. The second kappa shape index (κ2) is 5.38. The molecular weight excluding hydrogens is 250 g/mol. The van der Waals surface area contributed by atoms with Gasteiger partial charge in [0.05, 0.1) is 17.3 Å². The van der Waals surface area contributed by atoms with Gasteiger partial charge in [-0.3, -0.25) is 0 Å². The molecule has 1 aromatic heterocycles. The second-order valence-electron chi connectivity index (χ2n) is 4.44. The maximum Gasteiger partial charge on any atom is 0.173 e. The second-order valence-corrected chi connectivity index (χ2v) is 4.44. The number of nitrogens with zero attached hydrogens (tertiary/aromatic N) is 5. The van der Waals surface area contributed by atoms with Gasteiger partial charge in [0.25, 0.3) is 0 Å². The zero-order valence-electron chi connectivity index (χ0n) is 11.5. The van der Waals surface area contributed by atoms with Crippen LogP contribution in [0.1, 0.15) is 22.4 Å². The molecule has 0 aliphatic carbocycles. The maximum atomic E-state index is 9.32. The summed E-state index contributed by atoms with van der Waals surface area (Å²) in [6.07, 6.45) is 0. The molecule has 0 bridgehead atoms. The lowest BCUT2D eigenvalue weighted by Gasteiger charge is -2.20. The Labute approximate surface area is 117 Å². The molecule has 1 heterocycles. The normalized spacial score (nSPS) is 9.65. The average molecular weight is 263 g/mol. The minimum Gasteiger partial charge on any atom is -0.327 e. The van der Waals surface area contributed by atoms with Crippen molar-refractivity contribution in [1.82, 2.24) is 10.2 Å². The molecule has 0 saturated heterocycles. The van der Waals surface area contributed by atoms with E-state index < -0.39 is 0 Å². The van der Waals surface area contributed by atoms with Crippen molar-refractivity contribution < 1.29 is 0 Å². The summed E-state index contributed by atoms with van der Waals surface area (Å²) in [4.78, 5) is 1.76. The minimum atomic E-state index is 0.491. The summed E-state index contributed by atoms with van der Waals surface area (Å²) in [6.45, 7) is 3.68. The Balaban J connectivity index is 2.54. The molecule has 0 aliphatic heterocycles. The Morgan fingerprint density at radius 1 is 1.10 bits per heavy atom. The molecule has 1 aromatic carbocycles. The van der Waals surface area contributed by atoms with Crippen LogP contribution in [0.5, 0.6) is 0 Å². The number of hydrogen-bond donors (Lipinski definition) is 0. The maximum absolute atomic E-state index is 9.32. The quantitative estimate of drug-likeness (QED) is 0.832. The lowest BCUT2D eigenvalue weighted by molar-refractivity contribution is 0.929. The van der Waals surface area contributed by atoms with Gasteiger partial charge >= 0.3 is 0 Å². The molecule has 0 saturated carbocycles. The number of aryl methyl sites for hydroxylation is 1. The van der Waals surface area contributed by atoms with Crippen LogP contribution >= 0.6 is 0 Å². The highest BCUT2D eigenvalue weighted by atomic mass is 15.3. The molecule has 5 nitrogen and oxygen atoms in total. The third kappa shape index (κ3) is 2.30. The molecule has 0 radical (unpaired) electrons. The van der Waals surface area contributed by atoms with Crippen molar-refractivity contribution >= 4 is 11.5 Å². The largest absolute Gasteiger partial charge is 0.327 e. The summed E-state index contributed by atoms with van der Waals surface area (Å²) in [6, 6.07) is 11.4. The lowest BCUT2D eigenvalue weighted by atomic mass is 10.1. The summed E-state index contributed by atoms with van der Waals surface area (Å²) < 4.78 is 0. The van der Waals surface area contributed by atoms with Gasteiger partial charge in [-0.25, -0.2) is 0 Å². The molecule has 20 heavy (non-hydrogen) atoms. The molecule has 0 atom stereocenters. The number of hydrogen-bond acceptors (Lipinski definition) is 5. The van der Waals surface area contributed by atoms with E-state index in [1.807, 2.05) is 19.9 Å². The van der Waals surface area contributed by atoms with Crippen LogP contribution in [0.2, 0.25) is 0 Å². The molecule has 0 aliphatic rings.